The van der Waals surface area contributed by atoms with Crippen molar-refractivity contribution in [1.82, 2.24) is 15.1 Å². The van der Waals surface area contributed by atoms with Crippen molar-refractivity contribution < 1.29 is 9.53 Å². The highest BCUT2D eigenvalue weighted by molar-refractivity contribution is 5.94. The lowest BCUT2D eigenvalue weighted by atomic mass is 10.1. The van der Waals surface area contributed by atoms with E-state index < -0.39 is 0 Å². The van der Waals surface area contributed by atoms with Crippen LogP contribution < -0.4 is 10.1 Å². The minimum absolute atomic E-state index is 0.202. The molecule has 5 heteroatoms. The minimum Gasteiger partial charge on any atom is -0.496 e. The lowest BCUT2D eigenvalue weighted by Gasteiger charge is -2.17. The van der Waals surface area contributed by atoms with Crippen LogP contribution in [0, 0.1) is 0 Å². The fourth-order valence-corrected chi connectivity index (χ4v) is 3.43. The lowest BCUT2D eigenvalue weighted by molar-refractivity contribution is 0.0931. The molecule has 0 aliphatic heterocycles. The highest BCUT2D eigenvalue weighted by atomic mass is 16.5. The van der Waals surface area contributed by atoms with Gasteiger partial charge < -0.3 is 10.1 Å². The maximum Gasteiger partial charge on any atom is 0.270 e. The first-order valence-electron chi connectivity index (χ1n) is 9.82. The zero-order valence-corrected chi connectivity index (χ0v) is 16.9. The van der Waals surface area contributed by atoms with Gasteiger partial charge in [0.1, 0.15) is 11.4 Å². The van der Waals surface area contributed by atoms with Gasteiger partial charge in [0.15, 0.2) is 0 Å². The van der Waals surface area contributed by atoms with E-state index >= 15 is 0 Å². The van der Waals surface area contributed by atoms with Gasteiger partial charge in [0.05, 0.1) is 24.5 Å². The predicted octanol–water partition coefficient (Wildman–Crippen LogP) is 5.04. The van der Waals surface area contributed by atoms with Gasteiger partial charge >= 0.3 is 0 Å². The first-order valence-corrected chi connectivity index (χ1v) is 9.82. The number of carbonyl (C=O) groups excluding carboxylic acids is 1. The number of nitrogens with one attached hydrogen (secondary N) is 1. The summed E-state index contributed by atoms with van der Waals surface area (Å²) in [6.07, 6.45) is 0. The van der Waals surface area contributed by atoms with Gasteiger partial charge in [-0.1, -0.05) is 66.7 Å². The number of carbonyl (C=O) groups is 1. The van der Waals surface area contributed by atoms with Crippen molar-refractivity contribution >= 4 is 5.91 Å². The molecule has 1 N–H and O–H groups in total. The first-order chi connectivity index (χ1) is 14.7. The third kappa shape index (κ3) is 3.96. The van der Waals surface area contributed by atoms with Crippen LogP contribution in [0.1, 0.15) is 29.0 Å². The van der Waals surface area contributed by atoms with Crippen LogP contribution in [0.15, 0.2) is 91.0 Å². The van der Waals surface area contributed by atoms with E-state index in [-0.39, 0.29) is 11.9 Å². The smallest absolute Gasteiger partial charge is 0.270 e. The number of para-hydroxylation sites is 2. The van der Waals surface area contributed by atoms with Crippen LogP contribution in [0.25, 0.3) is 16.9 Å². The van der Waals surface area contributed by atoms with Crippen molar-refractivity contribution in [3.8, 4) is 22.7 Å². The number of nitrogens with zero attached hydrogens (tertiary/aromatic N) is 2. The highest BCUT2D eigenvalue weighted by Crippen LogP contribution is 2.26. The van der Waals surface area contributed by atoms with Gasteiger partial charge in [-0.15, -0.1) is 0 Å². The quantitative estimate of drug-likeness (QED) is 0.496. The Morgan fingerprint density at radius 1 is 0.933 bits per heavy atom. The molecule has 1 aromatic heterocycles. The Hall–Kier alpha value is -3.86. The zero-order valence-electron chi connectivity index (χ0n) is 16.9. The molecule has 0 radical (unpaired) electrons. The molecular weight excluding hydrogens is 374 g/mol. The summed E-state index contributed by atoms with van der Waals surface area (Å²) >= 11 is 0. The third-order valence-electron chi connectivity index (χ3n) is 4.97. The second kappa shape index (κ2) is 8.66. The summed E-state index contributed by atoms with van der Waals surface area (Å²) in [4.78, 5) is 13.3. The Labute approximate surface area is 175 Å². The molecule has 4 aromatic rings. The van der Waals surface area contributed by atoms with Crippen LogP contribution in [0.3, 0.4) is 0 Å². The predicted molar refractivity (Wildman–Crippen MR) is 118 cm³/mol. The molecule has 0 unspecified atom stereocenters. The van der Waals surface area contributed by atoms with E-state index in [1.54, 1.807) is 11.8 Å². The molecule has 0 saturated carbocycles. The summed E-state index contributed by atoms with van der Waals surface area (Å²) < 4.78 is 7.13. The van der Waals surface area contributed by atoms with Crippen LogP contribution in [-0.2, 0) is 0 Å². The van der Waals surface area contributed by atoms with Gasteiger partial charge in [-0.05, 0) is 31.2 Å². The first kappa shape index (κ1) is 19.5. The van der Waals surface area contributed by atoms with Crippen molar-refractivity contribution in [2.24, 2.45) is 0 Å². The summed E-state index contributed by atoms with van der Waals surface area (Å²) in [5.41, 5.74) is 3.92. The Balaban J connectivity index is 1.70. The molecule has 0 fully saturated rings. The standard InChI is InChI=1S/C25H23N3O2/c1-18(21-15-9-10-16-24(21)30-2)26-25(29)23-17-22(19-11-5-3-6-12-19)27-28(23)20-13-7-4-8-14-20/h3-18H,1-2H3,(H,26,29)/t18-/m1/s1. The number of hydrogen-bond donors (Lipinski definition) is 1. The molecule has 1 atom stereocenters. The van der Waals surface area contributed by atoms with Crippen molar-refractivity contribution in [1.29, 1.82) is 0 Å². The number of rotatable bonds is 6. The van der Waals surface area contributed by atoms with Crippen molar-refractivity contribution in [3.63, 3.8) is 0 Å². The SMILES string of the molecule is COc1ccccc1[C@@H](C)NC(=O)c1cc(-c2ccccc2)nn1-c1ccccc1. The van der Waals surface area contributed by atoms with Gasteiger partial charge in [-0.2, -0.15) is 5.10 Å². The number of ether oxygens (including phenoxy) is 1. The molecule has 150 valence electrons. The van der Waals surface area contributed by atoms with Crippen LogP contribution in [0.2, 0.25) is 0 Å². The monoisotopic (exact) mass is 397 g/mol. The Kier molecular flexibility index (Phi) is 5.61. The Bertz CT molecular complexity index is 1140. The molecule has 1 heterocycles. The van der Waals surface area contributed by atoms with Crippen LogP contribution in [-0.4, -0.2) is 22.8 Å². The largest absolute Gasteiger partial charge is 0.496 e. The zero-order chi connectivity index (χ0) is 20.9. The van der Waals surface area contributed by atoms with E-state index in [0.29, 0.717) is 5.69 Å². The molecular formula is C25H23N3O2. The second-order valence-electron chi connectivity index (χ2n) is 6.97. The van der Waals surface area contributed by atoms with E-state index in [9.17, 15) is 4.79 Å². The fraction of sp³-hybridized carbons (Fsp3) is 0.120. The van der Waals surface area contributed by atoms with Gasteiger partial charge in [0, 0.05) is 11.1 Å². The highest BCUT2D eigenvalue weighted by Gasteiger charge is 2.20. The van der Waals surface area contributed by atoms with Crippen LogP contribution in [0.4, 0.5) is 0 Å². The van der Waals surface area contributed by atoms with Crippen molar-refractivity contribution in [3.05, 3.63) is 102 Å². The number of benzene rings is 3. The van der Waals surface area contributed by atoms with Gasteiger partial charge in [0.2, 0.25) is 0 Å². The fourth-order valence-electron chi connectivity index (χ4n) is 3.43. The molecule has 0 aliphatic carbocycles. The molecule has 5 nitrogen and oxygen atoms in total. The van der Waals surface area contributed by atoms with Crippen molar-refractivity contribution in [2.75, 3.05) is 7.11 Å². The molecule has 0 spiro atoms. The van der Waals surface area contributed by atoms with E-state index in [1.165, 1.54) is 0 Å². The average molecular weight is 397 g/mol. The van der Waals surface area contributed by atoms with Crippen LogP contribution >= 0.6 is 0 Å². The summed E-state index contributed by atoms with van der Waals surface area (Å²) in [6.45, 7) is 1.94. The van der Waals surface area contributed by atoms with Crippen LogP contribution in [0.5, 0.6) is 5.75 Å². The maximum atomic E-state index is 13.3. The normalized spacial score (nSPS) is 11.7. The molecule has 0 saturated heterocycles. The summed E-state index contributed by atoms with van der Waals surface area (Å²) in [6, 6.07) is 28.8. The number of hydrogen-bond acceptors (Lipinski definition) is 3. The van der Waals surface area contributed by atoms with Gasteiger partial charge in [0.25, 0.3) is 5.91 Å². The summed E-state index contributed by atoms with van der Waals surface area (Å²) in [7, 11) is 1.63. The van der Waals surface area contributed by atoms with E-state index in [2.05, 4.69) is 5.32 Å². The molecule has 4 rings (SSSR count). The van der Waals surface area contributed by atoms with Gasteiger partial charge in [-0.3, -0.25) is 4.79 Å². The third-order valence-corrected chi connectivity index (χ3v) is 4.97. The topological polar surface area (TPSA) is 56.1 Å². The van der Waals surface area contributed by atoms with E-state index in [1.807, 2.05) is 97.9 Å². The average Bonchev–Trinajstić information content (AvgIpc) is 3.26. The Morgan fingerprint density at radius 3 is 2.27 bits per heavy atom. The molecule has 30 heavy (non-hydrogen) atoms. The Morgan fingerprint density at radius 2 is 1.57 bits per heavy atom. The van der Waals surface area contributed by atoms with Crippen molar-refractivity contribution in [2.45, 2.75) is 13.0 Å². The lowest BCUT2D eigenvalue weighted by Crippen LogP contribution is -2.28. The maximum absolute atomic E-state index is 13.3. The molecule has 0 bridgehead atoms. The van der Waals surface area contributed by atoms with E-state index in [4.69, 9.17) is 9.84 Å². The number of methoxy groups -OCH3 is 1. The second-order valence-corrected chi connectivity index (χ2v) is 6.97. The summed E-state index contributed by atoms with van der Waals surface area (Å²) in [5.74, 6) is 0.541. The minimum atomic E-state index is -0.229. The number of aromatic nitrogens is 2. The number of amides is 1. The summed E-state index contributed by atoms with van der Waals surface area (Å²) in [5, 5.41) is 7.80. The van der Waals surface area contributed by atoms with Gasteiger partial charge in [-0.25, -0.2) is 4.68 Å². The molecule has 3 aromatic carbocycles. The van der Waals surface area contributed by atoms with E-state index in [0.717, 1.165) is 28.3 Å². The molecule has 1 amide bonds. The molecule has 0 aliphatic rings.